The van der Waals surface area contributed by atoms with Gasteiger partial charge in [0.25, 0.3) is 0 Å². The first-order valence-electron chi connectivity index (χ1n) is 7.96. The summed E-state index contributed by atoms with van der Waals surface area (Å²) in [6.45, 7) is -3.59. The van der Waals surface area contributed by atoms with Crippen LogP contribution in [0.4, 0.5) is 25.1 Å². The van der Waals surface area contributed by atoms with E-state index >= 15 is 0 Å². The van der Waals surface area contributed by atoms with Crippen molar-refractivity contribution in [2.75, 3.05) is 18.2 Å². The van der Waals surface area contributed by atoms with Gasteiger partial charge in [-0.2, -0.15) is 8.78 Å². The number of aliphatic hydroxyl groups is 1. The maximum Gasteiger partial charge on any atom is 0.387 e. The summed E-state index contributed by atoms with van der Waals surface area (Å²) in [5, 5.41) is 22.0. The molecule has 0 bridgehead atoms. The van der Waals surface area contributed by atoms with Crippen molar-refractivity contribution in [1.82, 2.24) is 10.3 Å². The number of halogens is 2. The Morgan fingerprint density at radius 1 is 1.39 bits per heavy atom. The Hall–Kier alpha value is -3.47. The van der Waals surface area contributed by atoms with Crippen LogP contribution < -0.4 is 21.1 Å². The predicted molar refractivity (Wildman–Crippen MR) is 97.3 cm³/mol. The van der Waals surface area contributed by atoms with Crippen molar-refractivity contribution >= 4 is 23.4 Å². The quantitative estimate of drug-likeness (QED) is 0.359. The minimum Gasteiger partial charge on any atom is -0.481 e. The lowest BCUT2D eigenvalue weighted by Gasteiger charge is -2.14. The maximum atomic E-state index is 12.4. The number of amides is 2. The molecular formula is C17H19F2N5O4. The topological polar surface area (TPSA) is 143 Å². The molecule has 2 aromatic rings. The smallest absolute Gasteiger partial charge is 0.387 e. The molecule has 2 rings (SSSR count). The number of benzene rings is 1. The number of alkyl halides is 2. The van der Waals surface area contributed by atoms with E-state index in [0.29, 0.717) is 5.56 Å². The number of nitrogens with one attached hydrogen (secondary N) is 3. The molecule has 0 saturated heterocycles. The second-order valence-electron chi connectivity index (χ2n) is 5.40. The number of nitrogens with two attached hydrogens (primary N) is 1. The summed E-state index contributed by atoms with van der Waals surface area (Å²) >= 11 is 0. The van der Waals surface area contributed by atoms with Crippen LogP contribution in [-0.4, -0.2) is 35.7 Å². The van der Waals surface area contributed by atoms with Gasteiger partial charge in [0.1, 0.15) is 11.6 Å². The van der Waals surface area contributed by atoms with Crippen LogP contribution in [0.1, 0.15) is 16.8 Å². The number of urea groups is 1. The molecule has 0 fully saturated rings. The average molecular weight is 395 g/mol. The number of hydrogen-bond donors (Lipinski definition) is 5. The minimum atomic E-state index is -2.98. The molecule has 0 saturated carbocycles. The second kappa shape index (κ2) is 9.46. The number of methoxy groups -OCH3 is 1. The monoisotopic (exact) mass is 395 g/mol. The van der Waals surface area contributed by atoms with Gasteiger partial charge in [-0.3, -0.25) is 10.7 Å². The molecule has 6 N–H and O–H groups in total. The maximum absolute atomic E-state index is 12.4. The molecule has 1 aromatic heterocycles. The second-order valence-corrected chi connectivity index (χ2v) is 5.40. The highest BCUT2D eigenvalue weighted by atomic mass is 19.3. The number of carbonyl (C=O) groups is 1. The lowest BCUT2D eigenvalue weighted by molar-refractivity contribution is -0.0504. The van der Waals surface area contributed by atoms with Crippen LogP contribution in [0.3, 0.4) is 0 Å². The zero-order valence-corrected chi connectivity index (χ0v) is 14.8. The van der Waals surface area contributed by atoms with Gasteiger partial charge in [-0.15, -0.1) is 0 Å². The lowest BCUT2D eigenvalue weighted by Crippen LogP contribution is -2.29. The van der Waals surface area contributed by atoms with Gasteiger partial charge in [-0.25, -0.2) is 9.78 Å². The number of aromatic nitrogens is 1. The third-order valence-electron chi connectivity index (χ3n) is 3.58. The molecule has 9 nitrogen and oxygen atoms in total. The summed E-state index contributed by atoms with van der Waals surface area (Å²) in [6, 6.07) is 6.66. The highest BCUT2D eigenvalue weighted by Gasteiger charge is 2.17. The standard InChI is InChI=1S/C17H19F2N5O4/c1-27-15(21)14-10(20)6-13(23-11(14)8-25)24-17(26)22-7-9-4-2-3-5-12(9)28-16(18)19/h2-6,16,21,25H,7-8H2,1H3,(H4,20,22,23,24,26). The number of nitrogens with zero attached hydrogens (tertiary/aromatic N) is 1. The Kier molecular flexibility index (Phi) is 7.04. The summed E-state index contributed by atoms with van der Waals surface area (Å²) in [4.78, 5) is 16.1. The van der Waals surface area contributed by atoms with Gasteiger partial charge in [0.2, 0.25) is 5.90 Å². The van der Waals surface area contributed by atoms with E-state index in [0.717, 1.165) is 0 Å². The van der Waals surface area contributed by atoms with Crippen molar-refractivity contribution in [2.45, 2.75) is 19.8 Å². The number of nitrogen functional groups attached to an aromatic ring is 1. The molecule has 1 heterocycles. The first-order valence-corrected chi connectivity index (χ1v) is 7.96. The van der Waals surface area contributed by atoms with E-state index < -0.39 is 19.2 Å². The molecular weight excluding hydrogens is 376 g/mol. The molecule has 0 unspecified atom stereocenters. The summed E-state index contributed by atoms with van der Waals surface area (Å²) in [7, 11) is 1.28. The number of ether oxygens (including phenoxy) is 2. The van der Waals surface area contributed by atoms with E-state index in [2.05, 4.69) is 20.4 Å². The van der Waals surface area contributed by atoms with E-state index in [-0.39, 0.29) is 41.0 Å². The molecule has 28 heavy (non-hydrogen) atoms. The Balaban J connectivity index is 2.08. The van der Waals surface area contributed by atoms with Gasteiger partial charge in [0.05, 0.1) is 25.0 Å². The number of pyridine rings is 1. The zero-order chi connectivity index (χ0) is 20.7. The van der Waals surface area contributed by atoms with E-state index in [4.69, 9.17) is 15.9 Å². The fourth-order valence-electron chi connectivity index (χ4n) is 2.36. The third-order valence-corrected chi connectivity index (χ3v) is 3.58. The summed E-state index contributed by atoms with van der Waals surface area (Å²) in [5.41, 5.74) is 6.46. The molecule has 0 aliphatic carbocycles. The average Bonchev–Trinajstić information content (AvgIpc) is 2.65. The Morgan fingerprint density at radius 3 is 2.75 bits per heavy atom. The first kappa shape index (κ1) is 20.8. The minimum absolute atomic E-state index is 0.0313. The van der Waals surface area contributed by atoms with Crippen molar-refractivity contribution in [2.24, 2.45) is 0 Å². The molecule has 0 aliphatic heterocycles. The van der Waals surface area contributed by atoms with Crippen LogP contribution in [0.5, 0.6) is 5.75 Å². The molecule has 0 atom stereocenters. The molecule has 0 radical (unpaired) electrons. The van der Waals surface area contributed by atoms with Crippen LogP contribution in [0, 0.1) is 5.41 Å². The summed E-state index contributed by atoms with van der Waals surface area (Å²) in [5.74, 6) is -0.297. The highest BCUT2D eigenvalue weighted by Crippen LogP contribution is 2.22. The molecule has 11 heteroatoms. The van der Waals surface area contributed by atoms with E-state index in [1.165, 1.54) is 31.4 Å². The van der Waals surface area contributed by atoms with Gasteiger partial charge < -0.3 is 25.6 Å². The normalized spacial score (nSPS) is 10.5. The number of anilines is 2. The van der Waals surface area contributed by atoms with E-state index in [1.54, 1.807) is 6.07 Å². The van der Waals surface area contributed by atoms with Crippen molar-refractivity contribution in [3.63, 3.8) is 0 Å². The van der Waals surface area contributed by atoms with Crippen LogP contribution in [-0.2, 0) is 17.9 Å². The van der Waals surface area contributed by atoms with E-state index in [1.807, 2.05) is 0 Å². The van der Waals surface area contributed by atoms with Gasteiger partial charge >= 0.3 is 12.6 Å². The van der Waals surface area contributed by atoms with Crippen molar-refractivity contribution in [3.05, 3.63) is 47.2 Å². The van der Waals surface area contributed by atoms with Gasteiger partial charge in [0.15, 0.2) is 0 Å². The largest absolute Gasteiger partial charge is 0.481 e. The van der Waals surface area contributed by atoms with Crippen LogP contribution in [0.2, 0.25) is 0 Å². The number of aliphatic hydroxyl groups excluding tert-OH is 1. The summed E-state index contributed by atoms with van der Waals surface area (Å²) < 4.78 is 34.0. The summed E-state index contributed by atoms with van der Waals surface area (Å²) in [6.07, 6.45) is 0. The third kappa shape index (κ3) is 5.27. The Bertz CT molecular complexity index is 863. The molecule has 2 amide bonds. The van der Waals surface area contributed by atoms with E-state index in [9.17, 15) is 18.7 Å². The molecule has 1 aromatic carbocycles. The lowest BCUT2D eigenvalue weighted by atomic mass is 10.1. The van der Waals surface area contributed by atoms with Crippen LogP contribution in [0.25, 0.3) is 0 Å². The zero-order valence-electron chi connectivity index (χ0n) is 14.8. The van der Waals surface area contributed by atoms with Gasteiger partial charge in [-0.1, -0.05) is 18.2 Å². The Morgan fingerprint density at radius 2 is 2.11 bits per heavy atom. The fraction of sp³-hybridized carbons (Fsp3) is 0.235. The molecule has 0 spiro atoms. The number of para-hydroxylation sites is 1. The number of carbonyl (C=O) groups excluding carboxylic acids is 1. The molecule has 150 valence electrons. The Labute approximate surface area is 159 Å². The van der Waals surface area contributed by atoms with Crippen molar-refractivity contribution in [1.29, 1.82) is 5.41 Å². The fourth-order valence-corrected chi connectivity index (χ4v) is 2.36. The van der Waals surface area contributed by atoms with Crippen LogP contribution >= 0.6 is 0 Å². The van der Waals surface area contributed by atoms with Crippen molar-refractivity contribution < 1.29 is 28.2 Å². The van der Waals surface area contributed by atoms with Crippen LogP contribution in [0.15, 0.2) is 30.3 Å². The molecule has 0 aliphatic rings. The number of rotatable bonds is 7. The van der Waals surface area contributed by atoms with Crippen molar-refractivity contribution in [3.8, 4) is 5.75 Å². The number of hydrogen-bond acceptors (Lipinski definition) is 7. The first-order chi connectivity index (χ1) is 13.3. The van der Waals surface area contributed by atoms with Gasteiger partial charge in [-0.05, 0) is 6.07 Å². The highest BCUT2D eigenvalue weighted by molar-refractivity contribution is 5.99. The van der Waals surface area contributed by atoms with Gasteiger partial charge in [0, 0.05) is 23.9 Å². The SMILES string of the molecule is COC(=N)c1c(N)cc(NC(=O)NCc2ccccc2OC(F)F)nc1CO. The predicted octanol–water partition coefficient (Wildman–Crippen LogP) is 2.05.